The minimum Gasteiger partial charge on any atom is -0.481 e. The molecule has 0 saturated carbocycles. The lowest BCUT2D eigenvalue weighted by Crippen LogP contribution is -2.06. The molecule has 6 heteroatoms. The first-order chi connectivity index (χ1) is 8.30. The second kappa shape index (κ2) is 5.45. The van der Waals surface area contributed by atoms with Crippen molar-refractivity contribution in [3.8, 4) is 11.8 Å². The molecule has 0 unspecified atom stereocenters. The maximum absolute atomic E-state index is 12.4. The number of nitrogens with two attached hydrogens (primary N) is 1. The van der Waals surface area contributed by atoms with Crippen LogP contribution in [0.3, 0.4) is 0 Å². The highest BCUT2D eigenvalue weighted by molar-refractivity contribution is 5.67. The monoisotopic (exact) mass is 257 g/mol. The number of benzene rings is 1. The highest BCUT2D eigenvalue weighted by atomic mass is 19.4. The number of carboxylic acids is 1. The summed E-state index contributed by atoms with van der Waals surface area (Å²) in [4.78, 5) is 10.2. The van der Waals surface area contributed by atoms with Gasteiger partial charge in [-0.25, -0.2) is 0 Å². The molecule has 0 atom stereocenters. The number of alkyl halides is 3. The third-order valence-electron chi connectivity index (χ3n) is 2.07. The van der Waals surface area contributed by atoms with Gasteiger partial charge < -0.3 is 10.8 Å². The van der Waals surface area contributed by atoms with Crippen LogP contribution < -0.4 is 5.73 Å². The summed E-state index contributed by atoms with van der Waals surface area (Å²) in [7, 11) is 0. The van der Waals surface area contributed by atoms with E-state index in [0.717, 1.165) is 18.2 Å². The van der Waals surface area contributed by atoms with Gasteiger partial charge in [0.2, 0.25) is 0 Å². The van der Waals surface area contributed by atoms with Crippen LogP contribution in [-0.4, -0.2) is 11.1 Å². The number of hydrogen-bond acceptors (Lipinski definition) is 2. The molecule has 0 heterocycles. The lowest BCUT2D eigenvalue weighted by atomic mass is 10.1. The highest BCUT2D eigenvalue weighted by Crippen LogP contribution is 2.30. The Morgan fingerprint density at radius 2 is 2.06 bits per heavy atom. The van der Waals surface area contributed by atoms with Gasteiger partial charge in [-0.1, -0.05) is 11.8 Å². The van der Waals surface area contributed by atoms with Crippen molar-refractivity contribution in [2.45, 2.75) is 19.0 Å². The average Bonchev–Trinajstić information content (AvgIpc) is 2.24. The van der Waals surface area contributed by atoms with E-state index in [4.69, 9.17) is 10.8 Å². The van der Waals surface area contributed by atoms with Crippen LogP contribution in [0.2, 0.25) is 0 Å². The van der Waals surface area contributed by atoms with Gasteiger partial charge >= 0.3 is 12.1 Å². The van der Waals surface area contributed by atoms with Crippen molar-refractivity contribution >= 4 is 11.7 Å². The van der Waals surface area contributed by atoms with Gasteiger partial charge in [0.1, 0.15) is 0 Å². The first-order valence-corrected chi connectivity index (χ1v) is 4.98. The van der Waals surface area contributed by atoms with Crippen LogP contribution in [0.1, 0.15) is 24.0 Å². The zero-order valence-corrected chi connectivity index (χ0v) is 9.21. The van der Waals surface area contributed by atoms with E-state index in [0.29, 0.717) is 0 Å². The van der Waals surface area contributed by atoms with E-state index in [1.165, 1.54) is 0 Å². The summed E-state index contributed by atoms with van der Waals surface area (Å²) in [6.45, 7) is 0. The molecule has 0 bridgehead atoms. The van der Waals surface area contributed by atoms with Crippen molar-refractivity contribution in [1.82, 2.24) is 0 Å². The molecular weight excluding hydrogens is 247 g/mol. The maximum Gasteiger partial charge on any atom is 0.416 e. The zero-order valence-electron chi connectivity index (χ0n) is 9.21. The van der Waals surface area contributed by atoms with E-state index >= 15 is 0 Å². The summed E-state index contributed by atoms with van der Waals surface area (Å²) < 4.78 is 37.3. The fourth-order valence-electron chi connectivity index (χ4n) is 1.17. The Balaban J connectivity index is 2.91. The second-order valence-electron chi connectivity index (χ2n) is 3.50. The minimum absolute atomic E-state index is 0.0511. The van der Waals surface area contributed by atoms with E-state index in [1.807, 2.05) is 0 Å². The molecule has 0 aliphatic rings. The zero-order chi connectivity index (χ0) is 13.8. The molecule has 1 rings (SSSR count). The number of hydrogen-bond donors (Lipinski definition) is 2. The summed E-state index contributed by atoms with van der Waals surface area (Å²) >= 11 is 0. The van der Waals surface area contributed by atoms with Gasteiger partial charge in [0.05, 0.1) is 12.0 Å². The van der Waals surface area contributed by atoms with Crippen LogP contribution in [0.15, 0.2) is 18.2 Å². The van der Waals surface area contributed by atoms with E-state index in [-0.39, 0.29) is 24.1 Å². The predicted octanol–water partition coefficient (Wildman–Crippen LogP) is 2.50. The molecule has 0 fully saturated rings. The second-order valence-corrected chi connectivity index (χ2v) is 3.50. The summed E-state index contributed by atoms with van der Waals surface area (Å²) in [5, 5.41) is 8.37. The van der Waals surface area contributed by atoms with Gasteiger partial charge in [0, 0.05) is 17.7 Å². The molecule has 3 nitrogen and oxygen atoms in total. The molecule has 0 amide bonds. The quantitative estimate of drug-likeness (QED) is 0.632. The Bertz CT molecular complexity index is 512. The van der Waals surface area contributed by atoms with Gasteiger partial charge in [0.25, 0.3) is 0 Å². The Labute approximate surface area is 101 Å². The van der Waals surface area contributed by atoms with Crippen LogP contribution in [0, 0.1) is 11.8 Å². The van der Waals surface area contributed by atoms with Gasteiger partial charge in [-0.3, -0.25) is 4.79 Å². The molecule has 0 aliphatic heterocycles. The molecule has 0 spiro atoms. The topological polar surface area (TPSA) is 63.3 Å². The van der Waals surface area contributed by atoms with Crippen molar-refractivity contribution < 1.29 is 23.1 Å². The molecule has 0 radical (unpaired) electrons. The normalized spacial score (nSPS) is 10.6. The molecule has 96 valence electrons. The van der Waals surface area contributed by atoms with E-state index < -0.39 is 17.7 Å². The van der Waals surface area contributed by atoms with Crippen molar-refractivity contribution in [1.29, 1.82) is 0 Å². The van der Waals surface area contributed by atoms with Crippen molar-refractivity contribution in [3.63, 3.8) is 0 Å². The molecule has 0 saturated heterocycles. The van der Waals surface area contributed by atoms with Crippen LogP contribution in [0.25, 0.3) is 0 Å². The molecular formula is C12H10F3NO2. The number of carboxylic acid groups (broad SMARTS) is 1. The van der Waals surface area contributed by atoms with E-state index in [9.17, 15) is 18.0 Å². The smallest absolute Gasteiger partial charge is 0.416 e. The van der Waals surface area contributed by atoms with Gasteiger partial charge in [-0.15, -0.1) is 0 Å². The summed E-state index contributed by atoms with van der Waals surface area (Å²) in [6, 6.07) is 2.85. The fourth-order valence-corrected chi connectivity index (χ4v) is 1.17. The summed E-state index contributed by atoms with van der Waals surface area (Å²) in [5.74, 6) is 3.90. The molecule has 0 aliphatic carbocycles. The Morgan fingerprint density at radius 3 is 2.61 bits per heavy atom. The number of nitrogen functional groups attached to an aromatic ring is 1. The van der Waals surface area contributed by atoms with E-state index in [2.05, 4.69) is 11.8 Å². The van der Waals surface area contributed by atoms with Gasteiger partial charge in [-0.2, -0.15) is 13.2 Å². The Hall–Kier alpha value is -2.16. The third kappa shape index (κ3) is 4.01. The lowest BCUT2D eigenvalue weighted by Gasteiger charge is -2.07. The largest absolute Gasteiger partial charge is 0.481 e. The Kier molecular flexibility index (Phi) is 4.21. The SMILES string of the molecule is Nc1ccc(C(F)(F)F)cc1C#CCCC(=O)O. The fraction of sp³-hybridized carbons (Fsp3) is 0.250. The van der Waals surface area contributed by atoms with Gasteiger partial charge in [-0.05, 0) is 18.2 Å². The first-order valence-electron chi connectivity index (χ1n) is 4.98. The number of carbonyl (C=O) groups is 1. The van der Waals surface area contributed by atoms with Crippen LogP contribution in [0.4, 0.5) is 18.9 Å². The maximum atomic E-state index is 12.4. The van der Waals surface area contributed by atoms with Crippen LogP contribution in [-0.2, 0) is 11.0 Å². The minimum atomic E-state index is -4.45. The number of halogens is 3. The molecule has 1 aromatic carbocycles. The van der Waals surface area contributed by atoms with Gasteiger partial charge in [0.15, 0.2) is 0 Å². The van der Waals surface area contributed by atoms with Crippen molar-refractivity contribution in [2.24, 2.45) is 0 Å². The molecule has 18 heavy (non-hydrogen) atoms. The number of anilines is 1. The number of aliphatic carboxylic acids is 1. The first kappa shape index (κ1) is 13.9. The predicted molar refractivity (Wildman–Crippen MR) is 59.6 cm³/mol. The molecule has 0 aromatic heterocycles. The third-order valence-corrected chi connectivity index (χ3v) is 2.07. The van der Waals surface area contributed by atoms with Crippen LogP contribution >= 0.6 is 0 Å². The number of rotatable bonds is 2. The average molecular weight is 257 g/mol. The molecule has 1 aromatic rings. The Morgan fingerprint density at radius 1 is 1.39 bits per heavy atom. The van der Waals surface area contributed by atoms with Crippen molar-refractivity contribution in [2.75, 3.05) is 5.73 Å². The van der Waals surface area contributed by atoms with E-state index in [1.54, 1.807) is 0 Å². The lowest BCUT2D eigenvalue weighted by molar-refractivity contribution is -0.138. The highest BCUT2D eigenvalue weighted by Gasteiger charge is 2.30. The standard InChI is InChI=1S/C12H10F3NO2/c13-12(14,15)9-5-6-10(16)8(7-9)3-1-2-4-11(17)18/h5-7H,2,4,16H2,(H,17,18). The summed E-state index contributed by atoms with van der Waals surface area (Å²) in [6.07, 6.45) is -4.55. The van der Waals surface area contributed by atoms with Crippen molar-refractivity contribution in [3.05, 3.63) is 29.3 Å². The molecule has 3 N–H and O–H groups in total. The van der Waals surface area contributed by atoms with Crippen LogP contribution in [0.5, 0.6) is 0 Å². The summed E-state index contributed by atoms with van der Waals surface area (Å²) in [5.41, 5.74) is 4.84.